The number of amides is 1. The number of thiazole rings is 1. The number of piperidine rings is 1. The molecule has 1 spiro atoms. The van der Waals surface area contributed by atoms with E-state index in [1.807, 2.05) is 0 Å². The number of nitrogens with zero attached hydrogens (tertiary/aromatic N) is 3. The Morgan fingerprint density at radius 2 is 1.95 bits per heavy atom. The van der Waals surface area contributed by atoms with Gasteiger partial charge in [-0.25, -0.2) is 4.98 Å². The molecule has 1 atom stereocenters. The summed E-state index contributed by atoms with van der Waals surface area (Å²) in [6.07, 6.45) is 5.40. The molecule has 1 aromatic rings. The van der Waals surface area contributed by atoms with E-state index in [0.29, 0.717) is 5.91 Å². The normalized spacial score (nSPS) is 26.3. The van der Waals surface area contributed by atoms with Gasteiger partial charge >= 0.3 is 0 Å². The summed E-state index contributed by atoms with van der Waals surface area (Å²) in [4.78, 5) is 23.5. The summed E-state index contributed by atoms with van der Waals surface area (Å²) in [7, 11) is 0. The van der Waals surface area contributed by atoms with Crippen LogP contribution in [0.5, 0.6) is 0 Å². The van der Waals surface area contributed by atoms with E-state index < -0.39 is 0 Å². The van der Waals surface area contributed by atoms with E-state index in [1.165, 1.54) is 4.88 Å². The van der Waals surface area contributed by atoms with E-state index in [0.717, 1.165) is 69.0 Å². The van der Waals surface area contributed by atoms with E-state index in [1.54, 1.807) is 11.3 Å². The number of hydrogen-bond acceptors (Lipinski definition) is 4. The lowest BCUT2D eigenvalue weighted by molar-refractivity contribution is -0.147. The lowest BCUT2D eigenvalue weighted by atomic mass is 9.85. The molecule has 0 saturated carbocycles. The fraction of sp³-hybridized carbons (Fsp3) is 0.765. The van der Waals surface area contributed by atoms with Gasteiger partial charge in [0, 0.05) is 24.5 Å². The second-order valence-corrected chi connectivity index (χ2v) is 7.98. The van der Waals surface area contributed by atoms with Crippen LogP contribution in [0.4, 0.5) is 0 Å². The van der Waals surface area contributed by atoms with Crippen molar-refractivity contribution in [2.45, 2.75) is 65.0 Å². The molecule has 2 aliphatic rings. The van der Waals surface area contributed by atoms with E-state index in [9.17, 15) is 4.79 Å². The van der Waals surface area contributed by atoms with E-state index in [4.69, 9.17) is 0 Å². The molecule has 0 radical (unpaired) electrons. The third kappa shape index (κ3) is 2.69. The molecule has 3 rings (SSSR count). The minimum atomic E-state index is -0.224. The summed E-state index contributed by atoms with van der Waals surface area (Å²) in [6, 6.07) is 0. The van der Waals surface area contributed by atoms with Gasteiger partial charge < -0.3 is 4.90 Å². The minimum Gasteiger partial charge on any atom is -0.341 e. The Kier molecular flexibility index (Phi) is 4.55. The van der Waals surface area contributed by atoms with Crippen molar-refractivity contribution >= 4 is 17.2 Å². The number of carbonyl (C=O) groups excluding carboxylic acids is 1. The van der Waals surface area contributed by atoms with E-state index in [-0.39, 0.29) is 5.54 Å². The first kappa shape index (κ1) is 15.9. The fourth-order valence-electron chi connectivity index (χ4n) is 4.13. The van der Waals surface area contributed by atoms with Gasteiger partial charge in [0.1, 0.15) is 5.54 Å². The van der Waals surface area contributed by atoms with Crippen molar-refractivity contribution in [1.82, 2.24) is 14.8 Å². The zero-order chi connectivity index (χ0) is 15.7. The summed E-state index contributed by atoms with van der Waals surface area (Å²) >= 11 is 1.78. The van der Waals surface area contributed by atoms with Gasteiger partial charge in [0.05, 0.1) is 10.7 Å². The largest absolute Gasteiger partial charge is 0.341 e. The van der Waals surface area contributed by atoms with Gasteiger partial charge in [-0.15, -0.1) is 11.3 Å². The average Bonchev–Trinajstić information content (AvgIpc) is 3.01. The summed E-state index contributed by atoms with van der Waals surface area (Å²) in [5, 5.41) is 1.13. The smallest absolute Gasteiger partial charge is 0.243 e. The molecule has 0 N–H and O–H groups in total. The van der Waals surface area contributed by atoms with Gasteiger partial charge in [-0.3, -0.25) is 9.69 Å². The highest BCUT2D eigenvalue weighted by atomic mass is 32.1. The van der Waals surface area contributed by atoms with Crippen LogP contribution in [-0.2, 0) is 11.3 Å². The standard InChI is InChI=1S/C17H27N3OS/c1-4-9-19-10-5-7-17(16(19)21)8-6-11-20(17)12-15-13(2)18-14(3)22-15/h4-12H2,1-3H3. The molecule has 0 aromatic carbocycles. The van der Waals surface area contributed by atoms with Crippen LogP contribution in [0.15, 0.2) is 0 Å². The number of aromatic nitrogens is 1. The van der Waals surface area contributed by atoms with Crippen LogP contribution in [0.2, 0.25) is 0 Å². The summed E-state index contributed by atoms with van der Waals surface area (Å²) in [5.74, 6) is 0.386. The first-order valence-electron chi connectivity index (χ1n) is 8.54. The third-order valence-electron chi connectivity index (χ3n) is 5.15. The topological polar surface area (TPSA) is 36.4 Å². The first-order valence-corrected chi connectivity index (χ1v) is 9.36. The summed E-state index contributed by atoms with van der Waals surface area (Å²) in [6.45, 7) is 10.1. The molecular formula is C17H27N3OS. The average molecular weight is 321 g/mol. The Hall–Kier alpha value is -0.940. The molecule has 22 heavy (non-hydrogen) atoms. The molecular weight excluding hydrogens is 294 g/mol. The predicted molar refractivity (Wildman–Crippen MR) is 90.1 cm³/mol. The molecule has 122 valence electrons. The highest BCUT2D eigenvalue weighted by molar-refractivity contribution is 7.11. The Morgan fingerprint density at radius 1 is 1.23 bits per heavy atom. The van der Waals surface area contributed by atoms with Crippen molar-refractivity contribution < 1.29 is 4.79 Å². The number of hydrogen-bond donors (Lipinski definition) is 0. The molecule has 0 bridgehead atoms. The Balaban J connectivity index is 1.82. The number of rotatable bonds is 4. The van der Waals surface area contributed by atoms with Crippen LogP contribution in [-0.4, -0.2) is 45.9 Å². The Labute approximate surface area is 137 Å². The number of carbonyl (C=O) groups is 1. The van der Waals surface area contributed by atoms with Gasteiger partial charge in [-0.2, -0.15) is 0 Å². The maximum absolute atomic E-state index is 13.1. The lowest BCUT2D eigenvalue weighted by Crippen LogP contribution is -2.59. The molecule has 1 aromatic heterocycles. The monoisotopic (exact) mass is 321 g/mol. The zero-order valence-electron chi connectivity index (χ0n) is 14.0. The van der Waals surface area contributed by atoms with Crippen molar-refractivity contribution in [3.63, 3.8) is 0 Å². The highest BCUT2D eigenvalue weighted by Crippen LogP contribution is 2.40. The predicted octanol–water partition coefficient (Wildman–Crippen LogP) is 3.13. The first-order chi connectivity index (χ1) is 10.6. The van der Waals surface area contributed by atoms with Crippen molar-refractivity contribution in [2.24, 2.45) is 0 Å². The minimum absolute atomic E-state index is 0.224. The van der Waals surface area contributed by atoms with Crippen molar-refractivity contribution in [3.05, 3.63) is 15.6 Å². The van der Waals surface area contributed by atoms with Gasteiger partial charge in [-0.1, -0.05) is 6.92 Å². The van der Waals surface area contributed by atoms with Crippen LogP contribution in [0, 0.1) is 13.8 Å². The zero-order valence-corrected chi connectivity index (χ0v) is 14.8. The number of likely N-dealkylation sites (tertiary alicyclic amines) is 2. The maximum Gasteiger partial charge on any atom is 0.243 e. The molecule has 0 aliphatic carbocycles. The molecule has 2 saturated heterocycles. The van der Waals surface area contributed by atoms with Gasteiger partial charge in [0.2, 0.25) is 5.91 Å². The molecule has 3 heterocycles. The lowest BCUT2D eigenvalue weighted by Gasteiger charge is -2.44. The highest BCUT2D eigenvalue weighted by Gasteiger charge is 2.50. The van der Waals surface area contributed by atoms with Crippen LogP contribution >= 0.6 is 11.3 Å². The van der Waals surface area contributed by atoms with Crippen molar-refractivity contribution in [2.75, 3.05) is 19.6 Å². The van der Waals surface area contributed by atoms with Crippen LogP contribution in [0.3, 0.4) is 0 Å². The van der Waals surface area contributed by atoms with Gasteiger partial charge in [-0.05, 0) is 52.5 Å². The van der Waals surface area contributed by atoms with Gasteiger partial charge in [0.15, 0.2) is 0 Å². The molecule has 4 nitrogen and oxygen atoms in total. The molecule has 1 amide bonds. The Morgan fingerprint density at radius 3 is 2.59 bits per heavy atom. The molecule has 2 fully saturated rings. The van der Waals surface area contributed by atoms with Crippen LogP contribution in [0.25, 0.3) is 0 Å². The molecule has 2 aliphatic heterocycles. The molecule has 1 unspecified atom stereocenters. The second kappa shape index (κ2) is 6.28. The van der Waals surface area contributed by atoms with E-state index in [2.05, 4.69) is 35.6 Å². The van der Waals surface area contributed by atoms with Crippen LogP contribution in [0.1, 0.15) is 54.6 Å². The van der Waals surface area contributed by atoms with Crippen LogP contribution < -0.4 is 0 Å². The maximum atomic E-state index is 13.1. The van der Waals surface area contributed by atoms with Crippen molar-refractivity contribution in [3.8, 4) is 0 Å². The summed E-state index contributed by atoms with van der Waals surface area (Å²) < 4.78 is 0. The summed E-state index contributed by atoms with van der Waals surface area (Å²) in [5.41, 5.74) is 0.913. The second-order valence-electron chi connectivity index (χ2n) is 6.69. The Bertz CT molecular complexity index is 554. The third-order valence-corrected chi connectivity index (χ3v) is 6.21. The quantitative estimate of drug-likeness (QED) is 0.855. The number of aryl methyl sites for hydroxylation is 2. The van der Waals surface area contributed by atoms with Gasteiger partial charge in [0.25, 0.3) is 0 Å². The molecule has 5 heteroatoms. The fourth-order valence-corrected chi connectivity index (χ4v) is 5.09. The van der Waals surface area contributed by atoms with E-state index >= 15 is 0 Å². The van der Waals surface area contributed by atoms with Crippen molar-refractivity contribution in [1.29, 1.82) is 0 Å². The SMILES string of the molecule is CCCN1CCCC2(CCCN2Cc2sc(C)nc2C)C1=O.